The van der Waals surface area contributed by atoms with E-state index in [1.807, 2.05) is 0 Å². The monoisotopic (exact) mass is 343 g/mol. The second-order valence-electron chi connectivity index (χ2n) is 6.00. The molecule has 1 amide bonds. The van der Waals surface area contributed by atoms with E-state index in [1.165, 1.54) is 50.3 Å². The van der Waals surface area contributed by atoms with E-state index in [-0.39, 0.29) is 10.8 Å². The standard InChI is InChI=1S/C16H22ClNO3S/c1-22(20,21)13-8-9-14(17)15(11-13)18-16(19)10-7-12-5-3-2-4-6-12/h8-9,11-12H,2-7,10H2,1H3,(H,18,19). The molecule has 1 N–H and O–H groups in total. The Balaban J connectivity index is 1.96. The number of carbonyl (C=O) groups is 1. The Labute approximate surface area is 137 Å². The summed E-state index contributed by atoms with van der Waals surface area (Å²) in [6.45, 7) is 0. The molecule has 2 rings (SSSR count). The number of nitrogens with one attached hydrogen (secondary N) is 1. The number of carbonyl (C=O) groups excluding carboxylic acids is 1. The van der Waals surface area contributed by atoms with E-state index < -0.39 is 9.84 Å². The molecule has 0 aromatic heterocycles. The number of rotatable bonds is 5. The van der Waals surface area contributed by atoms with Crippen molar-refractivity contribution >= 4 is 33.0 Å². The minimum atomic E-state index is -3.32. The first-order valence-corrected chi connectivity index (χ1v) is 9.92. The third kappa shape index (κ3) is 4.99. The second-order valence-corrected chi connectivity index (χ2v) is 8.43. The van der Waals surface area contributed by atoms with Gasteiger partial charge in [-0.25, -0.2) is 8.42 Å². The average Bonchev–Trinajstić information content (AvgIpc) is 2.47. The van der Waals surface area contributed by atoms with Crippen LogP contribution in [0.5, 0.6) is 0 Å². The van der Waals surface area contributed by atoms with Gasteiger partial charge in [-0.15, -0.1) is 0 Å². The number of anilines is 1. The molecule has 0 saturated heterocycles. The van der Waals surface area contributed by atoms with Gasteiger partial charge >= 0.3 is 0 Å². The molecule has 1 aromatic rings. The number of hydrogen-bond acceptors (Lipinski definition) is 3. The predicted molar refractivity (Wildman–Crippen MR) is 89.0 cm³/mol. The Morgan fingerprint density at radius 3 is 2.59 bits per heavy atom. The van der Waals surface area contributed by atoms with Gasteiger partial charge < -0.3 is 5.32 Å². The molecule has 0 radical (unpaired) electrons. The molecule has 0 heterocycles. The summed E-state index contributed by atoms with van der Waals surface area (Å²) in [6, 6.07) is 4.35. The van der Waals surface area contributed by atoms with Crippen LogP contribution in [0, 0.1) is 5.92 Å². The quantitative estimate of drug-likeness (QED) is 0.877. The van der Waals surface area contributed by atoms with Crippen LogP contribution in [0.15, 0.2) is 23.1 Å². The van der Waals surface area contributed by atoms with Gasteiger partial charge in [-0.1, -0.05) is 43.7 Å². The fourth-order valence-corrected chi connectivity index (χ4v) is 3.67. The summed E-state index contributed by atoms with van der Waals surface area (Å²) in [5.41, 5.74) is 0.359. The largest absolute Gasteiger partial charge is 0.325 e. The summed E-state index contributed by atoms with van der Waals surface area (Å²) in [5, 5.41) is 3.07. The van der Waals surface area contributed by atoms with Crippen molar-refractivity contribution in [2.45, 2.75) is 49.8 Å². The predicted octanol–water partition coefficient (Wildman–Crippen LogP) is 4.04. The van der Waals surface area contributed by atoms with Crippen molar-refractivity contribution < 1.29 is 13.2 Å². The highest BCUT2D eigenvalue weighted by Gasteiger charge is 2.16. The molecule has 6 heteroatoms. The average molecular weight is 344 g/mol. The second kappa shape index (κ2) is 7.47. The van der Waals surface area contributed by atoms with E-state index in [4.69, 9.17) is 11.6 Å². The van der Waals surface area contributed by atoms with Crippen LogP contribution >= 0.6 is 11.6 Å². The maximum Gasteiger partial charge on any atom is 0.224 e. The van der Waals surface area contributed by atoms with Crippen molar-refractivity contribution in [1.29, 1.82) is 0 Å². The van der Waals surface area contributed by atoms with Crippen LogP contribution in [0.3, 0.4) is 0 Å². The summed E-state index contributed by atoms with van der Waals surface area (Å²) in [6.07, 6.45) is 8.69. The van der Waals surface area contributed by atoms with Gasteiger partial charge in [0.05, 0.1) is 15.6 Å². The summed E-state index contributed by atoms with van der Waals surface area (Å²) < 4.78 is 23.1. The molecule has 22 heavy (non-hydrogen) atoms. The van der Waals surface area contributed by atoms with Gasteiger partial charge in [0.2, 0.25) is 5.91 Å². The third-order valence-corrected chi connectivity index (χ3v) is 5.58. The summed E-state index contributed by atoms with van der Waals surface area (Å²) in [4.78, 5) is 12.2. The first kappa shape index (κ1) is 17.3. The Bertz CT molecular complexity index is 637. The van der Waals surface area contributed by atoms with Crippen molar-refractivity contribution in [3.63, 3.8) is 0 Å². The first-order chi connectivity index (χ1) is 10.4. The number of benzene rings is 1. The molecule has 0 bridgehead atoms. The molecule has 1 saturated carbocycles. The lowest BCUT2D eigenvalue weighted by molar-refractivity contribution is -0.116. The fourth-order valence-electron chi connectivity index (χ4n) is 2.85. The zero-order valence-electron chi connectivity index (χ0n) is 12.8. The van der Waals surface area contributed by atoms with E-state index in [0.29, 0.717) is 23.0 Å². The fraction of sp³-hybridized carbons (Fsp3) is 0.562. The number of hydrogen-bond donors (Lipinski definition) is 1. The Morgan fingerprint density at radius 1 is 1.27 bits per heavy atom. The smallest absolute Gasteiger partial charge is 0.224 e. The summed E-state index contributed by atoms with van der Waals surface area (Å²) >= 11 is 6.03. The highest BCUT2D eigenvalue weighted by Crippen LogP contribution is 2.28. The molecule has 1 aliphatic carbocycles. The SMILES string of the molecule is CS(=O)(=O)c1ccc(Cl)c(NC(=O)CCC2CCCCC2)c1. The first-order valence-electron chi connectivity index (χ1n) is 7.66. The van der Waals surface area contributed by atoms with Gasteiger partial charge in [-0.3, -0.25) is 4.79 Å². The molecule has 1 fully saturated rings. The van der Waals surface area contributed by atoms with Gasteiger partial charge in [0.25, 0.3) is 0 Å². The lowest BCUT2D eigenvalue weighted by Crippen LogP contribution is -2.15. The summed E-state index contributed by atoms with van der Waals surface area (Å²) in [7, 11) is -3.32. The highest BCUT2D eigenvalue weighted by atomic mass is 35.5. The molecule has 122 valence electrons. The van der Waals surface area contributed by atoms with Crippen LogP contribution < -0.4 is 5.32 Å². The van der Waals surface area contributed by atoms with E-state index in [9.17, 15) is 13.2 Å². The van der Waals surface area contributed by atoms with Crippen molar-refractivity contribution in [2.24, 2.45) is 5.92 Å². The van der Waals surface area contributed by atoms with Crippen LogP contribution in [0.4, 0.5) is 5.69 Å². The van der Waals surface area contributed by atoms with Crippen molar-refractivity contribution in [3.05, 3.63) is 23.2 Å². The Kier molecular flexibility index (Phi) is 5.87. The molecule has 0 spiro atoms. The molecular formula is C16H22ClNO3S. The Morgan fingerprint density at radius 2 is 1.95 bits per heavy atom. The highest BCUT2D eigenvalue weighted by molar-refractivity contribution is 7.90. The minimum Gasteiger partial charge on any atom is -0.325 e. The van der Waals surface area contributed by atoms with Crippen molar-refractivity contribution in [1.82, 2.24) is 0 Å². The lowest BCUT2D eigenvalue weighted by atomic mass is 9.86. The molecule has 4 nitrogen and oxygen atoms in total. The normalized spacial score (nSPS) is 16.5. The van der Waals surface area contributed by atoms with Gasteiger partial charge in [0, 0.05) is 12.7 Å². The number of amides is 1. The molecule has 0 aliphatic heterocycles. The van der Waals surface area contributed by atoms with Crippen LogP contribution in [0.2, 0.25) is 5.02 Å². The maximum atomic E-state index is 12.0. The van der Waals surface area contributed by atoms with Crippen LogP contribution in [0.1, 0.15) is 44.9 Å². The Hall–Kier alpha value is -1.07. The van der Waals surface area contributed by atoms with Crippen molar-refractivity contribution in [3.8, 4) is 0 Å². The molecular weight excluding hydrogens is 322 g/mol. The third-order valence-electron chi connectivity index (χ3n) is 4.14. The van der Waals surface area contributed by atoms with Gasteiger partial charge in [0.15, 0.2) is 9.84 Å². The van der Waals surface area contributed by atoms with Crippen LogP contribution in [-0.4, -0.2) is 20.6 Å². The lowest BCUT2D eigenvalue weighted by Gasteiger charge is -2.21. The van der Waals surface area contributed by atoms with Gasteiger partial charge in [-0.2, -0.15) is 0 Å². The van der Waals surface area contributed by atoms with Gasteiger partial charge in [-0.05, 0) is 30.5 Å². The molecule has 0 unspecified atom stereocenters. The van der Waals surface area contributed by atoms with Gasteiger partial charge in [0.1, 0.15) is 0 Å². The van der Waals surface area contributed by atoms with Crippen LogP contribution in [-0.2, 0) is 14.6 Å². The zero-order chi connectivity index (χ0) is 16.2. The minimum absolute atomic E-state index is 0.113. The zero-order valence-corrected chi connectivity index (χ0v) is 14.3. The van der Waals surface area contributed by atoms with E-state index >= 15 is 0 Å². The number of sulfone groups is 1. The summed E-state index contributed by atoms with van der Waals surface area (Å²) in [5.74, 6) is 0.524. The van der Waals surface area contributed by atoms with E-state index in [1.54, 1.807) is 0 Å². The van der Waals surface area contributed by atoms with E-state index in [2.05, 4.69) is 5.32 Å². The molecule has 1 aliphatic rings. The number of halogens is 1. The van der Waals surface area contributed by atoms with Crippen LogP contribution in [0.25, 0.3) is 0 Å². The molecule has 1 aromatic carbocycles. The van der Waals surface area contributed by atoms with E-state index in [0.717, 1.165) is 12.7 Å². The topological polar surface area (TPSA) is 63.2 Å². The van der Waals surface area contributed by atoms with Crippen molar-refractivity contribution in [2.75, 3.05) is 11.6 Å². The maximum absolute atomic E-state index is 12.0. The molecule has 0 atom stereocenters.